The molecule has 1 fully saturated rings. The van der Waals surface area contributed by atoms with Crippen molar-refractivity contribution in [3.63, 3.8) is 0 Å². The molecule has 2 heterocycles. The van der Waals surface area contributed by atoms with Crippen LogP contribution in [0.3, 0.4) is 0 Å². The summed E-state index contributed by atoms with van der Waals surface area (Å²) < 4.78 is 5.06. The van der Waals surface area contributed by atoms with E-state index in [1.54, 1.807) is 30.6 Å². The van der Waals surface area contributed by atoms with E-state index in [9.17, 15) is 9.59 Å². The maximum Gasteiger partial charge on any atom is 0.331 e. The van der Waals surface area contributed by atoms with Gasteiger partial charge in [-0.2, -0.15) is 0 Å². The second-order valence-corrected chi connectivity index (χ2v) is 4.30. The molecule has 0 radical (unpaired) electrons. The summed E-state index contributed by atoms with van der Waals surface area (Å²) in [6, 6.07) is 3.55. The number of ether oxygens (including phenoxy) is 1. The number of rotatable bonds is 4. The monoisotopic (exact) mass is 262 g/mol. The van der Waals surface area contributed by atoms with E-state index in [0.717, 1.165) is 5.56 Å². The maximum absolute atomic E-state index is 11.7. The summed E-state index contributed by atoms with van der Waals surface area (Å²) in [5.74, 6) is -1.54. The number of aliphatic carboxylic acids is 1. The number of nitrogens with zero attached hydrogens (tertiary/aromatic N) is 1. The molecule has 1 amide bonds. The van der Waals surface area contributed by atoms with Crippen LogP contribution >= 0.6 is 0 Å². The van der Waals surface area contributed by atoms with Crippen molar-refractivity contribution in [2.24, 2.45) is 0 Å². The number of hydrogen-bond donors (Lipinski definition) is 2. The third-order valence-corrected chi connectivity index (χ3v) is 2.91. The number of aromatic nitrogens is 1. The van der Waals surface area contributed by atoms with Gasteiger partial charge < -0.3 is 15.2 Å². The number of pyridine rings is 1. The standard InChI is InChI=1S/C13H14N2O4/c16-11(4-3-10-2-1-6-14-8-10)15-13(12(17)18)5-7-19-9-13/h1-4,6,8H,5,7,9H2,(H,15,16)(H,17,18). The molecule has 6 nitrogen and oxygen atoms in total. The lowest BCUT2D eigenvalue weighted by Gasteiger charge is -2.22. The number of carbonyl (C=O) groups excluding carboxylic acids is 1. The van der Waals surface area contributed by atoms with Gasteiger partial charge in [0.25, 0.3) is 0 Å². The van der Waals surface area contributed by atoms with E-state index in [0.29, 0.717) is 6.61 Å². The molecule has 0 aliphatic carbocycles. The van der Waals surface area contributed by atoms with Gasteiger partial charge in [-0.1, -0.05) is 6.07 Å². The second kappa shape index (κ2) is 5.62. The summed E-state index contributed by atoms with van der Waals surface area (Å²) in [4.78, 5) is 26.9. The van der Waals surface area contributed by atoms with Crippen molar-refractivity contribution in [3.05, 3.63) is 36.2 Å². The van der Waals surface area contributed by atoms with Crippen LogP contribution in [0.5, 0.6) is 0 Å². The Balaban J connectivity index is 2.01. The van der Waals surface area contributed by atoms with Crippen LogP contribution < -0.4 is 5.32 Å². The second-order valence-electron chi connectivity index (χ2n) is 4.30. The highest BCUT2D eigenvalue weighted by molar-refractivity contribution is 5.96. The first-order valence-corrected chi connectivity index (χ1v) is 5.84. The molecule has 1 unspecified atom stereocenters. The predicted molar refractivity (Wildman–Crippen MR) is 67.2 cm³/mol. The summed E-state index contributed by atoms with van der Waals surface area (Å²) in [7, 11) is 0. The Bertz CT molecular complexity index is 493. The minimum absolute atomic E-state index is 0.00515. The molecule has 0 spiro atoms. The van der Waals surface area contributed by atoms with Crippen molar-refractivity contribution in [3.8, 4) is 0 Å². The first-order valence-electron chi connectivity index (χ1n) is 5.84. The van der Waals surface area contributed by atoms with E-state index in [1.807, 2.05) is 0 Å². The lowest BCUT2D eigenvalue weighted by Crippen LogP contribution is -2.54. The zero-order valence-electron chi connectivity index (χ0n) is 10.2. The fraction of sp³-hybridized carbons (Fsp3) is 0.308. The number of carbonyl (C=O) groups is 2. The average molecular weight is 262 g/mol. The number of carboxylic acid groups (broad SMARTS) is 1. The van der Waals surface area contributed by atoms with Gasteiger partial charge in [-0.05, 0) is 17.7 Å². The lowest BCUT2D eigenvalue weighted by molar-refractivity contribution is -0.147. The molecule has 1 aliphatic rings. The Kier molecular flexibility index (Phi) is 3.91. The molecular formula is C13H14N2O4. The molecule has 2 N–H and O–H groups in total. The number of nitrogens with one attached hydrogen (secondary N) is 1. The average Bonchev–Trinajstić information content (AvgIpc) is 2.87. The number of hydrogen-bond acceptors (Lipinski definition) is 4. The van der Waals surface area contributed by atoms with Gasteiger partial charge in [0.05, 0.1) is 6.61 Å². The van der Waals surface area contributed by atoms with Crippen LogP contribution in [-0.4, -0.2) is 40.7 Å². The number of carboxylic acids is 1. The molecule has 1 saturated heterocycles. The normalized spacial score (nSPS) is 22.5. The highest BCUT2D eigenvalue weighted by Crippen LogP contribution is 2.18. The SMILES string of the molecule is O=C(C=Cc1cccnc1)NC1(C(=O)O)CCOC1. The van der Waals surface area contributed by atoms with Crippen molar-refractivity contribution >= 4 is 18.0 Å². The Labute approximate surface area is 110 Å². The fourth-order valence-corrected chi connectivity index (χ4v) is 1.81. The van der Waals surface area contributed by atoms with Crippen LogP contribution in [0.2, 0.25) is 0 Å². The predicted octanol–water partition coefficient (Wildman–Crippen LogP) is 0.455. The molecule has 0 saturated carbocycles. The highest BCUT2D eigenvalue weighted by Gasteiger charge is 2.43. The molecule has 6 heteroatoms. The largest absolute Gasteiger partial charge is 0.479 e. The zero-order chi connectivity index (χ0) is 13.7. The smallest absolute Gasteiger partial charge is 0.331 e. The summed E-state index contributed by atoms with van der Waals surface area (Å²) >= 11 is 0. The molecule has 2 rings (SSSR count). The number of amides is 1. The third-order valence-electron chi connectivity index (χ3n) is 2.91. The van der Waals surface area contributed by atoms with Gasteiger partial charge in [-0.3, -0.25) is 9.78 Å². The van der Waals surface area contributed by atoms with Gasteiger partial charge in [0.1, 0.15) is 0 Å². The Morgan fingerprint density at radius 2 is 2.37 bits per heavy atom. The minimum atomic E-state index is -1.31. The Hall–Kier alpha value is -2.21. The summed E-state index contributed by atoms with van der Waals surface area (Å²) in [6.45, 7) is 0.327. The third kappa shape index (κ3) is 3.17. The first kappa shape index (κ1) is 13.2. The van der Waals surface area contributed by atoms with Gasteiger partial charge in [0, 0.05) is 31.5 Å². The molecule has 1 atom stereocenters. The maximum atomic E-state index is 11.7. The van der Waals surface area contributed by atoms with E-state index in [4.69, 9.17) is 9.84 Å². The quantitative estimate of drug-likeness (QED) is 0.769. The first-order chi connectivity index (χ1) is 9.12. The van der Waals surface area contributed by atoms with E-state index < -0.39 is 17.4 Å². The highest BCUT2D eigenvalue weighted by atomic mass is 16.5. The van der Waals surface area contributed by atoms with Crippen LogP contribution in [0.15, 0.2) is 30.6 Å². The summed E-state index contributed by atoms with van der Waals surface area (Å²) in [5.41, 5.74) is -0.541. The van der Waals surface area contributed by atoms with E-state index in [2.05, 4.69) is 10.3 Å². The molecule has 0 bridgehead atoms. The summed E-state index contributed by atoms with van der Waals surface area (Å²) in [6.07, 6.45) is 6.38. The van der Waals surface area contributed by atoms with Crippen LogP contribution in [0.1, 0.15) is 12.0 Å². The van der Waals surface area contributed by atoms with Gasteiger partial charge >= 0.3 is 5.97 Å². The van der Waals surface area contributed by atoms with Crippen LogP contribution in [0.4, 0.5) is 0 Å². The zero-order valence-corrected chi connectivity index (χ0v) is 10.2. The fourth-order valence-electron chi connectivity index (χ4n) is 1.81. The van der Waals surface area contributed by atoms with Gasteiger partial charge in [-0.25, -0.2) is 4.79 Å². The molecule has 100 valence electrons. The van der Waals surface area contributed by atoms with E-state index in [-0.39, 0.29) is 13.0 Å². The van der Waals surface area contributed by atoms with Crippen LogP contribution in [-0.2, 0) is 14.3 Å². The lowest BCUT2D eigenvalue weighted by atomic mass is 9.99. The topological polar surface area (TPSA) is 88.5 Å². The van der Waals surface area contributed by atoms with E-state index >= 15 is 0 Å². The summed E-state index contributed by atoms with van der Waals surface area (Å²) in [5, 5.41) is 11.7. The van der Waals surface area contributed by atoms with Gasteiger partial charge in [-0.15, -0.1) is 0 Å². The molecule has 1 aliphatic heterocycles. The van der Waals surface area contributed by atoms with E-state index in [1.165, 1.54) is 6.08 Å². The van der Waals surface area contributed by atoms with Gasteiger partial charge in [0.2, 0.25) is 5.91 Å². The van der Waals surface area contributed by atoms with Crippen molar-refractivity contribution in [2.75, 3.05) is 13.2 Å². The molecule has 1 aromatic rings. The Morgan fingerprint density at radius 3 is 2.95 bits per heavy atom. The van der Waals surface area contributed by atoms with Crippen LogP contribution in [0, 0.1) is 0 Å². The molecule has 19 heavy (non-hydrogen) atoms. The van der Waals surface area contributed by atoms with Crippen molar-refractivity contribution < 1.29 is 19.4 Å². The van der Waals surface area contributed by atoms with Crippen molar-refractivity contribution in [1.82, 2.24) is 10.3 Å². The Morgan fingerprint density at radius 1 is 1.53 bits per heavy atom. The van der Waals surface area contributed by atoms with Gasteiger partial charge in [0.15, 0.2) is 5.54 Å². The van der Waals surface area contributed by atoms with Crippen LogP contribution in [0.25, 0.3) is 6.08 Å². The minimum Gasteiger partial charge on any atom is -0.479 e. The van der Waals surface area contributed by atoms with Crippen molar-refractivity contribution in [1.29, 1.82) is 0 Å². The molecular weight excluding hydrogens is 248 g/mol. The molecule has 0 aromatic carbocycles. The van der Waals surface area contributed by atoms with Crippen molar-refractivity contribution in [2.45, 2.75) is 12.0 Å². The molecule has 1 aromatic heterocycles.